The van der Waals surface area contributed by atoms with E-state index >= 15 is 0 Å². The molecule has 3 rings (SSSR count). The van der Waals surface area contributed by atoms with Crippen molar-refractivity contribution in [2.75, 3.05) is 0 Å². The molecule has 0 unspecified atom stereocenters. The Hall–Kier alpha value is -2.10. The third-order valence-electron chi connectivity index (χ3n) is 4.22. The first-order chi connectivity index (χ1) is 10.2. The molecule has 1 heterocycles. The fourth-order valence-corrected chi connectivity index (χ4v) is 3.12. The zero-order valence-electron chi connectivity index (χ0n) is 12.0. The van der Waals surface area contributed by atoms with E-state index in [4.69, 9.17) is 0 Å². The highest BCUT2D eigenvalue weighted by Crippen LogP contribution is 2.28. The van der Waals surface area contributed by atoms with E-state index < -0.39 is 5.97 Å². The van der Waals surface area contributed by atoms with Gasteiger partial charge in [-0.15, -0.1) is 0 Å². The highest BCUT2D eigenvalue weighted by molar-refractivity contribution is 5.87. The lowest BCUT2D eigenvalue weighted by Gasteiger charge is -2.22. The van der Waals surface area contributed by atoms with E-state index in [2.05, 4.69) is 5.10 Å². The molecule has 21 heavy (non-hydrogen) atoms. The molecule has 1 aliphatic rings. The van der Waals surface area contributed by atoms with Crippen LogP contribution in [0.4, 0.5) is 0 Å². The van der Waals surface area contributed by atoms with Crippen molar-refractivity contribution in [3.05, 3.63) is 42.1 Å². The molecule has 2 aromatic rings. The number of hydrogen-bond acceptors (Lipinski definition) is 2. The lowest BCUT2D eigenvalue weighted by atomic mass is 9.89. The van der Waals surface area contributed by atoms with Crippen LogP contribution in [0.2, 0.25) is 0 Å². The van der Waals surface area contributed by atoms with Gasteiger partial charge in [-0.2, -0.15) is 5.10 Å². The molecule has 0 radical (unpaired) electrons. The van der Waals surface area contributed by atoms with Gasteiger partial charge in [0.2, 0.25) is 0 Å². The largest absolute Gasteiger partial charge is 0.476 e. The molecule has 1 aliphatic carbocycles. The molecule has 0 spiro atoms. The number of rotatable bonds is 4. The average molecular weight is 284 g/mol. The highest BCUT2D eigenvalue weighted by atomic mass is 16.4. The van der Waals surface area contributed by atoms with Gasteiger partial charge in [0.15, 0.2) is 5.69 Å². The Morgan fingerprint density at radius 1 is 1.19 bits per heavy atom. The summed E-state index contributed by atoms with van der Waals surface area (Å²) in [5, 5.41) is 13.5. The Morgan fingerprint density at radius 2 is 1.90 bits per heavy atom. The summed E-state index contributed by atoms with van der Waals surface area (Å²) in [4.78, 5) is 11.2. The third-order valence-corrected chi connectivity index (χ3v) is 4.22. The molecule has 4 heteroatoms. The number of carboxylic acid groups (broad SMARTS) is 1. The van der Waals surface area contributed by atoms with Crippen LogP contribution in [0, 0.1) is 5.92 Å². The first-order valence-corrected chi connectivity index (χ1v) is 7.60. The van der Waals surface area contributed by atoms with Gasteiger partial charge in [-0.05, 0) is 30.4 Å². The van der Waals surface area contributed by atoms with Crippen LogP contribution in [0.3, 0.4) is 0 Å². The van der Waals surface area contributed by atoms with Gasteiger partial charge < -0.3 is 5.11 Å². The van der Waals surface area contributed by atoms with Crippen LogP contribution in [0.15, 0.2) is 36.4 Å². The smallest absolute Gasteiger partial charge is 0.356 e. The lowest BCUT2D eigenvalue weighted by molar-refractivity contribution is 0.0689. The predicted octanol–water partition coefficient (Wildman–Crippen LogP) is 3.83. The third kappa shape index (κ3) is 3.15. The second kappa shape index (κ2) is 6.12. The van der Waals surface area contributed by atoms with E-state index in [1.807, 2.05) is 35.0 Å². The Labute approximate surface area is 124 Å². The van der Waals surface area contributed by atoms with Gasteiger partial charge >= 0.3 is 5.97 Å². The molecule has 0 amide bonds. The second-order valence-corrected chi connectivity index (χ2v) is 5.77. The summed E-state index contributed by atoms with van der Waals surface area (Å²) in [6.07, 6.45) is 6.31. The summed E-state index contributed by atoms with van der Waals surface area (Å²) in [5.41, 5.74) is 2.05. The van der Waals surface area contributed by atoms with Gasteiger partial charge in [-0.3, -0.25) is 4.68 Å². The first-order valence-electron chi connectivity index (χ1n) is 7.60. The van der Waals surface area contributed by atoms with E-state index in [0.717, 1.165) is 17.8 Å². The van der Waals surface area contributed by atoms with Gasteiger partial charge in [0.1, 0.15) is 0 Å². The minimum Gasteiger partial charge on any atom is -0.476 e. The zero-order chi connectivity index (χ0) is 14.7. The topological polar surface area (TPSA) is 55.1 Å². The monoisotopic (exact) mass is 284 g/mol. The Morgan fingerprint density at radius 3 is 2.57 bits per heavy atom. The van der Waals surface area contributed by atoms with Crippen molar-refractivity contribution in [3.8, 4) is 11.3 Å². The zero-order valence-corrected chi connectivity index (χ0v) is 12.0. The summed E-state index contributed by atoms with van der Waals surface area (Å²) in [5.74, 6) is -0.350. The Bertz CT molecular complexity index is 613. The van der Waals surface area contributed by atoms with Crippen LogP contribution in [-0.2, 0) is 6.54 Å². The van der Waals surface area contributed by atoms with Gasteiger partial charge in [0, 0.05) is 6.54 Å². The van der Waals surface area contributed by atoms with Crippen molar-refractivity contribution in [2.24, 2.45) is 5.92 Å². The maximum atomic E-state index is 11.2. The molecule has 0 saturated heterocycles. The second-order valence-electron chi connectivity index (χ2n) is 5.77. The van der Waals surface area contributed by atoms with Crippen LogP contribution in [0.5, 0.6) is 0 Å². The molecular weight excluding hydrogens is 264 g/mol. The highest BCUT2D eigenvalue weighted by Gasteiger charge is 2.19. The van der Waals surface area contributed by atoms with Gasteiger partial charge in [0.25, 0.3) is 0 Å². The average Bonchev–Trinajstić information content (AvgIpc) is 2.93. The maximum absolute atomic E-state index is 11.2. The van der Waals surface area contributed by atoms with Crippen LogP contribution < -0.4 is 0 Å². The van der Waals surface area contributed by atoms with Crippen molar-refractivity contribution in [1.29, 1.82) is 0 Å². The van der Waals surface area contributed by atoms with Crippen molar-refractivity contribution < 1.29 is 9.90 Å². The van der Waals surface area contributed by atoms with E-state index in [0.29, 0.717) is 5.92 Å². The molecular formula is C17H20N2O2. The van der Waals surface area contributed by atoms with E-state index in [-0.39, 0.29) is 5.69 Å². The summed E-state index contributed by atoms with van der Waals surface area (Å²) < 4.78 is 1.88. The number of nitrogens with zero attached hydrogens (tertiary/aromatic N) is 2. The van der Waals surface area contributed by atoms with Gasteiger partial charge in [0.05, 0.1) is 5.69 Å². The van der Waals surface area contributed by atoms with Crippen molar-refractivity contribution in [3.63, 3.8) is 0 Å². The van der Waals surface area contributed by atoms with E-state index in [1.54, 1.807) is 6.07 Å². The summed E-state index contributed by atoms with van der Waals surface area (Å²) in [7, 11) is 0. The standard InChI is InChI=1S/C17H20N2O2/c20-17(21)15-11-16(14-9-5-2-6-10-14)19(18-15)12-13-7-3-1-4-8-13/h2,5-6,9-11,13H,1,3-4,7-8,12H2,(H,20,21). The quantitative estimate of drug-likeness (QED) is 0.928. The molecule has 1 saturated carbocycles. The molecule has 4 nitrogen and oxygen atoms in total. The number of hydrogen-bond donors (Lipinski definition) is 1. The SMILES string of the molecule is O=C(O)c1cc(-c2ccccc2)n(CC2CCCCC2)n1. The fraction of sp³-hybridized carbons (Fsp3) is 0.412. The van der Waals surface area contributed by atoms with Crippen LogP contribution in [0.25, 0.3) is 11.3 Å². The van der Waals surface area contributed by atoms with E-state index in [1.165, 1.54) is 32.1 Å². The predicted molar refractivity (Wildman–Crippen MR) is 81.2 cm³/mol. The fourth-order valence-electron chi connectivity index (χ4n) is 3.12. The molecule has 0 aliphatic heterocycles. The van der Waals surface area contributed by atoms with E-state index in [9.17, 15) is 9.90 Å². The molecule has 1 N–H and O–H groups in total. The van der Waals surface area contributed by atoms with Crippen molar-refractivity contribution in [2.45, 2.75) is 38.6 Å². The number of aromatic nitrogens is 2. The Kier molecular flexibility index (Phi) is 4.04. The Balaban J connectivity index is 1.91. The lowest BCUT2D eigenvalue weighted by Crippen LogP contribution is -2.16. The molecule has 0 atom stereocenters. The first kappa shape index (κ1) is 13.9. The summed E-state index contributed by atoms with van der Waals surface area (Å²) in [6, 6.07) is 11.6. The van der Waals surface area contributed by atoms with Crippen molar-refractivity contribution >= 4 is 5.97 Å². The number of carboxylic acids is 1. The normalized spacial score (nSPS) is 16.0. The summed E-state index contributed by atoms with van der Waals surface area (Å²) in [6.45, 7) is 0.817. The minimum absolute atomic E-state index is 0.129. The molecule has 1 fully saturated rings. The van der Waals surface area contributed by atoms with Gasteiger partial charge in [-0.25, -0.2) is 4.79 Å². The maximum Gasteiger partial charge on any atom is 0.356 e. The molecule has 1 aromatic heterocycles. The van der Waals surface area contributed by atoms with Crippen LogP contribution in [-0.4, -0.2) is 20.9 Å². The number of benzene rings is 1. The van der Waals surface area contributed by atoms with Crippen LogP contribution in [0.1, 0.15) is 42.6 Å². The summed E-state index contributed by atoms with van der Waals surface area (Å²) >= 11 is 0. The molecule has 1 aromatic carbocycles. The molecule has 0 bridgehead atoms. The minimum atomic E-state index is -0.963. The van der Waals surface area contributed by atoms with Crippen molar-refractivity contribution in [1.82, 2.24) is 9.78 Å². The number of carbonyl (C=O) groups is 1. The van der Waals surface area contributed by atoms with Crippen LogP contribution >= 0.6 is 0 Å². The van der Waals surface area contributed by atoms with Gasteiger partial charge in [-0.1, -0.05) is 49.6 Å². The molecule has 110 valence electrons. The number of aromatic carboxylic acids is 1.